The number of carbonyl (C=O) groups is 2. The molecule has 1 amide bonds. The minimum absolute atomic E-state index is 0.0156. The quantitative estimate of drug-likeness (QED) is 0.423. The van der Waals surface area contributed by atoms with E-state index >= 15 is 0 Å². The van der Waals surface area contributed by atoms with E-state index in [1.54, 1.807) is 4.90 Å². The first-order valence-electron chi connectivity index (χ1n) is 3.47. The fourth-order valence-electron chi connectivity index (χ4n) is 0.777. The third kappa shape index (κ3) is 2.62. The number of aldehydes is 1. The Morgan fingerprint density at radius 1 is 1.40 bits per heavy atom. The highest BCUT2D eigenvalue weighted by atomic mass is 16.2. The van der Waals surface area contributed by atoms with Crippen molar-refractivity contribution in [2.45, 2.75) is 20.3 Å². The second kappa shape index (κ2) is 4.97. The van der Waals surface area contributed by atoms with Gasteiger partial charge in [0.25, 0.3) is 0 Å². The molecule has 0 N–H and O–H groups in total. The van der Waals surface area contributed by atoms with Crippen LogP contribution >= 0.6 is 0 Å². The summed E-state index contributed by atoms with van der Waals surface area (Å²) in [6.45, 7) is 5.16. The summed E-state index contributed by atoms with van der Waals surface area (Å²) in [7, 11) is 0. The van der Waals surface area contributed by atoms with Crippen LogP contribution in [0.2, 0.25) is 0 Å². The molecule has 0 atom stereocenters. The van der Waals surface area contributed by atoms with E-state index in [9.17, 15) is 9.59 Å². The lowest BCUT2D eigenvalue weighted by Gasteiger charge is -2.16. The molecule has 58 valence electrons. The number of carbonyl (C=O) groups excluding carboxylic acids is 2. The van der Waals surface area contributed by atoms with E-state index < -0.39 is 0 Å². The predicted octanol–water partition coefficient (Wildman–Crippen LogP) is 0.444. The normalized spacial score (nSPS) is 9.00. The predicted molar refractivity (Wildman–Crippen MR) is 38.6 cm³/mol. The maximum absolute atomic E-state index is 10.9. The third-order valence-corrected chi connectivity index (χ3v) is 1.37. The van der Waals surface area contributed by atoms with E-state index in [-0.39, 0.29) is 12.3 Å². The molecule has 10 heavy (non-hydrogen) atoms. The second-order valence-corrected chi connectivity index (χ2v) is 1.94. The van der Waals surface area contributed by atoms with Crippen LogP contribution in [0.5, 0.6) is 0 Å². The average molecular weight is 143 g/mol. The Morgan fingerprint density at radius 3 is 2.20 bits per heavy atom. The van der Waals surface area contributed by atoms with Crippen molar-refractivity contribution in [1.29, 1.82) is 0 Å². The molecule has 0 unspecified atom stereocenters. The zero-order chi connectivity index (χ0) is 7.98. The van der Waals surface area contributed by atoms with Crippen LogP contribution in [0.1, 0.15) is 20.3 Å². The van der Waals surface area contributed by atoms with Crippen LogP contribution in [0.4, 0.5) is 0 Å². The Morgan fingerprint density at radius 2 is 1.90 bits per heavy atom. The van der Waals surface area contributed by atoms with Crippen LogP contribution in [0.25, 0.3) is 0 Å². The van der Waals surface area contributed by atoms with E-state index in [2.05, 4.69) is 0 Å². The van der Waals surface area contributed by atoms with Crippen LogP contribution in [0, 0.1) is 0 Å². The maximum atomic E-state index is 10.9. The summed E-state index contributed by atoms with van der Waals surface area (Å²) < 4.78 is 0. The van der Waals surface area contributed by atoms with Gasteiger partial charge in [-0.1, -0.05) is 0 Å². The Bertz CT molecular complexity index is 119. The molecule has 0 saturated heterocycles. The van der Waals surface area contributed by atoms with Crippen LogP contribution in [0.15, 0.2) is 0 Å². The second-order valence-electron chi connectivity index (χ2n) is 1.94. The highest BCUT2D eigenvalue weighted by Gasteiger charge is 2.06. The van der Waals surface area contributed by atoms with Gasteiger partial charge in [-0.2, -0.15) is 0 Å². The number of hydrogen-bond acceptors (Lipinski definition) is 2. The Labute approximate surface area is 61.0 Å². The molecule has 0 rings (SSSR count). The zero-order valence-electron chi connectivity index (χ0n) is 6.46. The maximum Gasteiger partial charge on any atom is 0.229 e. The summed E-state index contributed by atoms with van der Waals surface area (Å²) in [6.07, 6.45) is 0.655. The molecule has 3 heteroatoms. The van der Waals surface area contributed by atoms with Gasteiger partial charge in [-0.05, 0) is 13.8 Å². The molecule has 3 nitrogen and oxygen atoms in total. The molecule has 0 bridgehead atoms. The first-order valence-corrected chi connectivity index (χ1v) is 3.47. The minimum Gasteiger partial charge on any atom is -0.343 e. The summed E-state index contributed by atoms with van der Waals surface area (Å²) in [5.41, 5.74) is 0. The molecule has 0 aromatic carbocycles. The molecule has 0 aromatic heterocycles. The van der Waals surface area contributed by atoms with Gasteiger partial charge in [-0.15, -0.1) is 0 Å². The summed E-state index contributed by atoms with van der Waals surface area (Å²) in [4.78, 5) is 22.4. The number of amides is 1. The minimum atomic E-state index is -0.0833. The first-order chi connectivity index (χ1) is 4.76. The summed E-state index contributed by atoms with van der Waals surface area (Å²) in [6, 6.07) is 0. The fraction of sp³-hybridized carbons (Fsp3) is 0.714. The Kier molecular flexibility index (Phi) is 4.54. The lowest BCUT2D eigenvalue weighted by molar-refractivity contribution is -0.132. The average Bonchev–Trinajstić information content (AvgIpc) is 1.91. The lowest BCUT2D eigenvalue weighted by atomic mass is 10.4. The van der Waals surface area contributed by atoms with Crippen molar-refractivity contribution in [1.82, 2.24) is 4.90 Å². The zero-order valence-corrected chi connectivity index (χ0v) is 6.46. The summed E-state index contributed by atoms with van der Waals surface area (Å²) in [5.74, 6) is -0.0833. The van der Waals surface area contributed by atoms with Crippen LogP contribution in [-0.2, 0) is 9.59 Å². The van der Waals surface area contributed by atoms with Gasteiger partial charge < -0.3 is 9.69 Å². The summed E-state index contributed by atoms with van der Waals surface area (Å²) in [5, 5.41) is 0. The van der Waals surface area contributed by atoms with Gasteiger partial charge in [0.15, 0.2) is 0 Å². The molecular weight excluding hydrogens is 130 g/mol. The Hall–Kier alpha value is -0.860. The van der Waals surface area contributed by atoms with Crippen molar-refractivity contribution in [3.05, 3.63) is 0 Å². The smallest absolute Gasteiger partial charge is 0.229 e. The van der Waals surface area contributed by atoms with Crippen molar-refractivity contribution in [2.24, 2.45) is 0 Å². The van der Waals surface area contributed by atoms with Gasteiger partial charge in [0.05, 0.1) is 6.42 Å². The number of hydrogen-bond donors (Lipinski definition) is 0. The van der Waals surface area contributed by atoms with Crippen molar-refractivity contribution in [2.75, 3.05) is 13.1 Å². The van der Waals surface area contributed by atoms with Gasteiger partial charge >= 0.3 is 0 Å². The number of nitrogens with zero attached hydrogens (tertiary/aromatic N) is 1. The van der Waals surface area contributed by atoms with Crippen LogP contribution in [0.3, 0.4) is 0 Å². The third-order valence-electron chi connectivity index (χ3n) is 1.37. The van der Waals surface area contributed by atoms with Crippen molar-refractivity contribution in [3.63, 3.8) is 0 Å². The molecule has 0 aliphatic rings. The van der Waals surface area contributed by atoms with Crippen molar-refractivity contribution in [3.8, 4) is 0 Å². The van der Waals surface area contributed by atoms with E-state index in [0.717, 1.165) is 0 Å². The van der Waals surface area contributed by atoms with Crippen molar-refractivity contribution < 1.29 is 9.59 Å². The molecule has 0 heterocycles. The highest BCUT2D eigenvalue weighted by Crippen LogP contribution is 1.90. The van der Waals surface area contributed by atoms with Gasteiger partial charge in [0, 0.05) is 13.1 Å². The highest BCUT2D eigenvalue weighted by molar-refractivity contribution is 5.87. The van der Waals surface area contributed by atoms with E-state index in [4.69, 9.17) is 0 Å². The molecule has 0 fully saturated rings. The summed E-state index contributed by atoms with van der Waals surface area (Å²) >= 11 is 0. The largest absolute Gasteiger partial charge is 0.343 e. The van der Waals surface area contributed by atoms with E-state index in [0.29, 0.717) is 19.4 Å². The molecule has 0 aliphatic heterocycles. The van der Waals surface area contributed by atoms with E-state index in [1.807, 2.05) is 13.8 Å². The van der Waals surface area contributed by atoms with Crippen LogP contribution < -0.4 is 0 Å². The van der Waals surface area contributed by atoms with Gasteiger partial charge in [-0.25, -0.2) is 0 Å². The molecule has 0 aromatic rings. The number of rotatable bonds is 4. The first kappa shape index (κ1) is 9.14. The van der Waals surface area contributed by atoms with Gasteiger partial charge in [0.1, 0.15) is 6.29 Å². The standard InChI is InChI=1S/C7H13NO2/c1-3-8(4-2)7(10)5-6-9/h6H,3-5H2,1-2H3. The topological polar surface area (TPSA) is 37.4 Å². The molecule has 0 radical (unpaired) electrons. The molecular formula is C7H13NO2. The monoisotopic (exact) mass is 143 g/mol. The van der Waals surface area contributed by atoms with Crippen molar-refractivity contribution >= 4 is 12.2 Å². The van der Waals surface area contributed by atoms with Crippen LogP contribution in [-0.4, -0.2) is 30.2 Å². The van der Waals surface area contributed by atoms with Gasteiger partial charge in [0.2, 0.25) is 5.91 Å². The molecule has 0 aliphatic carbocycles. The van der Waals surface area contributed by atoms with Gasteiger partial charge in [-0.3, -0.25) is 4.79 Å². The lowest BCUT2D eigenvalue weighted by Crippen LogP contribution is -2.30. The molecule has 0 spiro atoms. The fourth-order valence-corrected chi connectivity index (χ4v) is 0.777. The van der Waals surface area contributed by atoms with E-state index in [1.165, 1.54) is 0 Å². The SMILES string of the molecule is CCN(CC)C(=O)CC=O. The Balaban J connectivity index is 3.76. The molecule has 0 saturated carbocycles.